The van der Waals surface area contributed by atoms with Crippen LogP contribution >= 0.6 is 23.1 Å². The third-order valence-electron chi connectivity index (χ3n) is 9.70. The monoisotopic (exact) mass is 600 g/mol. The molecule has 1 aliphatic carbocycles. The first-order chi connectivity index (χ1) is 21.7. The van der Waals surface area contributed by atoms with E-state index in [4.69, 9.17) is 4.98 Å². The molecule has 4 heterocycles. The molecule has 3 aromatic heterocycles. The normalized spacial score (nSPS) is 19.4. The van der Waals surface area contributed by atoms with Gasteiger partial charge < -0.3 is 0 Å². The van der Waals surface area contributed by atoms with Gasteiger partial charge in [-0.3, -0.25) is 4.57 Å². The molecule has 8 aromatic rings. The van der Waals surface area contributed by atoms with Crippen molar-refractivity contribution in [1.82, 2.24) is 9.55 Å². The van der Waals surface area contributed by atoms with Crippen LogP contribution in [0.5, 0.6) is 0 Å². The van der Waals surface area contributed by atoms with Gasteiger partial charge in [-0.1, -0.05) is 110 Å². The summed E-state index contributed by atoms with van der Waals surface area (Å²) in [7, 11) is 0. The van der Waals surface area contributed by atoms with Crippen LogP contribution in [-0.4, -0.2) is 14.8 Å². The van der Waals surface area contributed by atoms with E-state index in [9.17, 15) is 0 Å². The summed E-state index contributed by atoms with van der Waals surface area (Å²) < 4.78 is 5.01. The predicted molar refractivity (Wildman–Crippen MR) is 190 cm³/mol. The van der Waals surface area contributed by atoms with Gasteiger partial charge in [-0.05, 0) is 41.5 Å². The van der Waals surface area contributed by atoms with Crippen LogP contribution in [0.2, 0.25) is 0 Å². The maximum Gasteiger partial charge on any atom is 0.139 e. The maximum atomic E-state index is 5.55. The Bertz CT molecular complexity index is 2480. The highest BCUT2D eigenvalue weighted by Gasteiger charge is 2.38. The molecule has 3 atom stereocenters. The van der Waals surface area contributed by atoms with Gasteiger partial charge in [-0.25, -0.2) is 4.98 Å². The van der Waals surface area contributed by atoms with E-state index in [-0.39, 0.29) is 0 Å². The van der Waals surface area contributed by atoms with Crippen LogP contribution in [0, 0.1) is 5.92 Å². The van der Waals surface area contributed by atoms with Gasteiger partial charge in [0.2, 0.25) is 0 Å². The first-order valence-electron chi connectivity index (χ1n) is 15.5. The van der Waals surface area contributed by atoms with E-state index in [2.05, 4.69) is 145 Å². The zero-order chi connectivity index (χ0) is 28.9. The zero-order valence-electron chi connectivity index (χ0n) is 24.2. The summed E-state index contributed by atoms with van der Waals surface area (Å²) in [5.74, 6) is 2.05. The molecule has 4 heteroatoms. The summed E-state index contributed by atoms with van der Waals surface area (Å²) in [6.07, 6.45) is 6.16. The minimum atomic E-state index is 0.457. The maximum absolute atomic E-state index is 5.55. The molecule has 0 amide bonds. The van der Waals surface area contributed by atoms with Gasteiger partial charge in [0.1, 0.15) is 5.82 Å². The second-order valence-electron chi connectivity index (χ2n) is 12.3. The number of pyridine rings is 1. The van der Waals surface area contributed by atoms with Gasteiger partial charge in [0, 0.05) is 53.3 Å². The average molecular weight is 601 g/mol. The van der Waals surface area contributed by atoms with Crippen LogP contribution in [0.15, 0.2) is 126 Å². The molecule has 0 radical (unpaired) electrons. The van der Waals surface area contributed by atoms with Gasteiger partial charge in [-0.2, -0.15) is 0 Å². The average Bonchev–Trinajstić information content (AvgIpc) is 3.74. The summed E-state index contributed by atoms with van der Waals surface area (Å²) in [6, 6.07) is 39.9. The fourth-order valence-electron chi connectivity index (χ4n) is 7.79. The number of nitrogens with zero attached hydrogens (tertiary/aromatic N) is 2. The van der Waals surface area contributed by atoms with Crippen molar-refractivity contribution in [3.63, 3.8) is 0 Å². The Hall–Kier alpha value is -4.38. The fraction of sp³-hybridized carbons (Fsp3) is 0.125. The summed E-state index contributed by atoms with van der Waals surface area (Å²) >= 11 is 3.96. The topological polar surface area (TPSA) is 17.8 Å². The van der Waals surface area contributed by atoms with Crippen molar-refractivity contribution in [3.05, 3.63) is 127 Å². The van der Waals surface area contributed by atoms with Gasteiger partial charge in [-0.15, -0.1) is 23.1 Å². The van der Waals surface area contributed by atoms with Crippen LogP contribution in [-0.2, 0) is 0 Å². The molecule has 3 unspecified atom stereocenters. The Balaban J connectivity index is 1.38. The van der Waals surface area contributed by atoms with Gasteiger partial charge >= 0.3 is 0 Å². The minimum absolute atomic E-state index is 0.457. The van der Waals surface area contributed by atoms with Gasteiger partial charge in [0.05, 0.1) is 21.4 Å². The molecule has 0 bridgehead atoms. The summed E-state index contributed by atoms with van der Waals surface area (Å²) in [5.41, 5.74) is 6.21. The first kappa shape index (κ1) is 25.0. The van der Waals surface area contributed by atoms with Crippen LogP contribution < -0.4 is 0 Å². The van der Waals surface area contributed by atoms with E-state index < -0.39 is 0 Å². The SMILES string of the molecule is CC1C=CC2c3c(c4c5ccccc5n(-c5cc6c(sc7ccccc76)c(-c6ccccc6)n5)c4c4ccccc34)SC2C1. The van der Waals surface area contributed by atoms with Gasteiger partial charge in [0.25, 0.3) is 0 Å². The van der Waals surface area contributed by atoms with Crippen LogP contribution in [0.25, 0.3) is 69.8 Å². The molecule has 210 valence electrons. The second-order valence-corrected chi connectivity index (χ2v) is 14.6. The lowest BCUT2D eigenvalue weighted by Crippen LogP contribution is -2.16. The number of allylic oxidation sites excluding steroid dienone is 2. The van der Waals surface area contributed by atoms with E-state index in [1.54, 1.807) is 0 Å². The molecule has 10 rings (SSSR count). The Morgan fingerprint density at radius 2 is 1.45 bits per heavy atom. The molecule has 0 fully saturated rings. The smallest absolute Gasteiger partial charge is 0.139 e. The highest BCUT2D eigenvalue weighted by atomic mass is 32.2. The molecule has 44 heavy (non-hydrogen) atoms. The number of rotatable bonds is 2. The lowest BCUT2D eigenvalue weighted by molar-refractivity contribution is 0.567. The molecule has 0 N–H and O–H groups in total. The summed E-state index contributed by atoms with van der Waals surface area (Å²) in [6.45, 7) is 2.36. The molecule has 5 aromatic carbocycles. The van der Waals surface area contributed by atoms with E-state index >= 15 is 0 Å². The van der Waals surface area contributed by atoms with Crippen molar-refractivity contribution >= 4 is 75.8 Å². The van der Waals surface area contributed by atoms with Crippen LogP contribution in [0.4, 0.5) is 0 Å². The Labute approximate surface area is 263 Å². The Kier molecular flexibility index (Phi) is 5.29. The molecule has 1 aliphatic heterocycles. The number of thioether (sulfide) groups is 1. The zero-order valence-corrected chi connectivity index (χ0v) is 25.8. The molecule has 2 nitrogen and oxygen atoms in total. The van der Waals surface area contributed by atoms with Crippen molar-refractivity contribution in [2.24, 2.45) is 5.92 Å². The van der Waals surface area contributed by atoms with Crippen molar-refractivity contribution in [3.8, 4) is 17.1 Å². The third-order valence-corrected chi connectivity index (χ3v) is 12.3. The highest BCUT2D eigenvalue weighted by Crippen LogP contribution is 2.57. The highest BCUT2D eigenvalue weighted by molar-refractivity contribution is 8.00. The molecular formula is C40H28N2S2. The fourth-order valence-corrected chi connectivity index (χ4v) is 10.8. The van der Waals surface area contributed by atoms with Crippen molar-refractivity contribution in [2.75, 3.05) is 0 Å². The number of aromatic nitrogens is 2. The van der Waals surface area contributed by atoms with Crippen LogP contribution in [0.3, 0.4) is 0 Å². The van der Waals surface area contributed by atoms with Crippen LogP contribution in [0.1, 0.15) is 24.8 Å². The number of hydrogen-bond acceptors (Lipinski definition) is 3. The largest absolute Gasteiger partial charge is 0.293 e. The van der Waals surface area contributed by atoms with Crippen molar-refractivity contribution in [2.45, 2.75) is 29.4 Å². The second kappa shape index (κ2) is 9.31. The standard InChI is InChI=1S/C40H28N2S2/c1-23-19-20-29-33(21-23)44-40-35(29)26-14-5-6-15-27(26)38-36(40)28-16-7-9-17-31(28)42(38)34-22-30-25-13-8-10-18-32(25)43-39(30)37(41-34)24-11-3-2-4-12-24/h2-20,22-23,29,33H,21H2,1H3. The first-order valence-corrected chi connectivity index (χ1v) is 17.1. The molecule has 0 saturated heterocycles. The predicted octanol–water partition coefficient (Wildman–Crippen LogP) is 11.5. The number of benzene rings is 5. The minimum Gasteiger partial charge on any atom is -0.293 e. The van der Waals surface area contributed by atoms with E-state index in [1.807, 2.05) is 11.3 Å². The quantitative estimate of drug-likeness (QED) is 0.184. The van der Waals surface area contributed by atoms with Crippen molar-refractivity contribution < 1.29 is 0 Å². The third kappa shape index (κ3) is 3.41. The Morgan fingerprint density at radius 3 is 2.32 bits per heavy atom. The molecule has 2 aliphatic rings. The summed E-state index contributed by atoms with van der Waals surface area (Å²) in [5, 5.41) is 8.52. The molecular weight excluding hydrogens is 573 g/mol. The summed E-state index contributed by atoms with van der Waals surface area (Å²) in [4.78, 5) is 7.01. The number of fused-ring (bicyclic) bond motifs is 13. The van der Waals surface area contributed by atoms with Crippen molar-refractivity contribution in [1.29, 1.82) is 0 Å². The number of thiophene rings is 1. The van der Waals surface area contributed by atoms with E-state index in [1.165, 1.54) is 69.6 Å². The lowest BCUT2D eigenvalue weighted by atomic mass is 9.82. The number of para-hydroxylation sites is 1. The van der Waals surface area contributed by atoms with E-state index in [0.717, 1.165) is 17.1 Å². The molecule has 0 saturated carbocycles. The van der Waals surface area contributed by atoms with E-state index in [0.29, 0.717) is 17.1 Å². The van der Waals surface area contributed by atoms with Gasteiger partial charge in [0.15, 0.2) is 0 Å². The number of hydrogen-bond donors (Lipinski definition) is 0. The molecule has 0 spiro atoms. The Morgan fingerprint density at radius 1 is 0.727 bits per heavy atom. The lowest BCUT2D eigenvalue weighted by Gasteiger charge is -2.24.